The van der Waals surface area contributed by atoms with Crippen LogP contribution >= 0.6 is 0 Å². The van der Waals surface area contributed by atoms with Crippen LogP contribution in [0.5, 0.6) is 0 Å². The molecule has 9 heteroatoms. The van der Waals surface area contributed by atoms with Crippen molar-refractivity contribution in [3.05, 3.63) is 73.8 Å². The lowest BCUT2D eigenvalue weighted by Gasteiger charge is -2.06. The van der Waals surface area contributed by atoms with E-state index < -0.39 is 27.1 Å². The molecule has 116 valence electrons. The van der Waals surface area contributed by atoms with Crippen LogP contribution in [0.15, 0.2) is 42.5 Å². The van der Waals surface area contributed by atoms with E-state index in [1.54, 1.807) is 0 Å². The third-order valence-electron chi connectivity index (χ3n) is 2.91. The average molecular weight is 315 g/mol. The van der Waals surface area contributed by atoms with E-state index in [-0.39, 0.29) is 11.3 Å². The van der Waals surface area contributed by atoms with Crippen LogP contribution in [0.3, 0.4) is 0 Å². The van der Waals surface area contributed by atoms with E-state index in [9.17, 15) is 29.8 Å². The van der Waals surface area contributed by atoms with Gasteiger partial charge in [0.2, 0.25) is 0 Å². The number of rotatable bonds is 5. The summed E-state index contributed by atoms with van der Waals surface area (Å²) in [6, 6.07) is 8.68. The molecule has 2 aromatic carbocycles. The normalized spacial score (nSPS) is 9.91. The first-order valence-corrected chi connectivity index (χ1v) is 6.22. The molecule has 0 spiro atoms. The number of amides is 1. The van der Waals surface area contributed by atoms with E-state index in [0.717, 1.165) is 18.2 Å². The number of hydrogen-bond acceptors (Lipinski definition) is 6. The molecule has 0 heterocycles. The number of nitrogens with zero attached hydrogens (tertiary/aromatic N) is 2. The quantitative estimate of drug-likeness (QED) is 0.512. The Morgan fingerprint density at radius 1 is 1.04 bits per heavy atom. The molecule has 2 rings (SSSR count). The zero-order valence-corrected chi connectivity index (χ0v) is 11.5. The first-order valence-electron chi connectivity index (χ1n) is 6.22. The summed E-state index contributed by atoms with van der Waals surface area (Å²) in [5.74, 6) is -0.811. The van der Waals surface area contributed by atoms with Gasteiger partial charge in [-0.2, -0.15) is 0 Å². The molecule has 1 N–H and O–H groups in total. The molecule has 0 unspecified atom stereocenters. The highest BCUT2D eigenvalue weighted by atomic mass is 16.6. The Bertz CT molecular complexity index is 818. The van der Waals surface area contributed by atoms with Crippen LogP contribution in [-0.2, 0) is 0 Å². The lowest BCUT2D eigenvalue weighted by Crippen LogP contribution is -2.14. The molecule has 0 aromatic heterocycles. The maximum Gasteiger partial charge on any atom is 0.289 e. The van der Waals surface area contributed by atoms with Gasteiger partial charge in [0.25, 0.3) is 17.3 Å². The molecule has 2 aromatic rings. The molecular formula is C14H9N3O6. The summed E-state index contributed by atoms with van der Waals surface area (Å²) in [6.07, 6.45) is 0.587. The maximum atomic E-state index is 12.1. The number of carbonyl (C=O) groups excluding carboxylic acids is 2. The van der Waals surface area contributed by atoms with Crippen LogP contribution in [-0.4, -0.2) is 22.0 Å². The minimum Gasteiger partial charge on any atom is -0.322 e. The zero-order valence-electron chi connectivity index (χ0n) is 11.5. The van der Waals surface area contributed by atoms with E-state index in [1.165, 1.54) is 24.3 Å². The number of nitro benzene ring substituents is 2. The van der Waals surface area contributed by atoms with Gasteiger partial charge in [-0.1, -0.05) is 12.1 Å². The smallest absolute Gasteiger partial charge is 0.289 e. The summed E-state index contributed by atoms with van der Waals surface area (Å²) in [5.41, 5.74) is -0.898. The average Bonchev–Trinajstić information content (AvgIpc) is 2.54. The Kier molecular flexibility index (Phi) is 4.41. The molecule has 0 atom stereocenters. The van der Waals surface area contributed by atoms with Crippen LogP contribution in [0.2, 0.25) is 0 Å². The van der Waals surface area contributed by atoms with Gasteiger partial charge >= 0.3 is 0 Å². The topological polar surface area (TPSA) is 132 Å². The van der Waals surface area contributed by atoms with Crippen molar-refractivity contribution in [2.75, 3.05) is 5.32 Å². The summed E-state index contributed by atoms with van der Waals surface area (Å²) in [4.78, 5) is 42.9. The fraction of sp³-hybridized carbons (Fsp3) is 0. The SMILES string of the molecule is O=Cc1cccc(NC(=O)c2ccc([N+](=O)[O-])cc2[N+](=O)[O-])c1. The predicted octanol–water partition coefficient (Wildman–Crippen LogP) is 2.57. The molecule has 0 bridgehead atoms. The second-order valence-electron chi connectivity index (χ2n) is 4.41. The number of carbonyl (C=O) groups is 2. The maximum absolute atomic E-state index is 12.1. The van der Waals surface area contributed by atoms with Gasteiger partial charge in [-0.05, 0) is 18.2 Å². The number of nitro groups is 2. The van der Waals surface area contributed by atoms with Crippen LogP contribution < -0.4 is 5.32 Å². The molecule has 0 aliphatic carbocycles. The Labute approximate surface area is 128 Å². The Morgan fingerprint density at radius 3 is 2.39 bits per heavy atom. The largest absolute Gasteiger partial charge is 0.322 e. The number of benzene rings is 2. The van der Waals surface area contributed by atoms with E-state index in [1.807, 2.05) is 0 Å². The van der Waals surface area contributed by atoms with Crippen molar-refractivity contribution in [3.8, 4) is 0 Å². The molecule has 0 saturated heterocycles. The predicted molar refractivity (Wildman–Crippen MR) is 79.5 cm³/mol. The summed E-state index contributed by atoms with van der Waals surface area (Å²) in [5, 5.41) is 24.1. The van der Waals surface area contributed by atoms with Crippen molar-refractivity contribution in [3.63, 3.8) is 0 Å². The van der Waals surface area contributed by atoms with Crippen LogP contribution in [0.1, 0.15) is 20.7 Å². The minimum absolute atomic E-state index is 0.271. The van der Waals surface area contributed by atoms with E-state index in [0.29, 0.717) is 11.8 Å². The standard InChI is InChI=1S/C14H9N3O6/c18-8-9-2-1-3-10(6-9)15-14(19)12-5-4-11(16(20)21)7-13(12)17(22)23/h1-8H,(H,15,19). The third-order valence-corrected chi connectivity index (χ3v) is 2.91. The molecule has 1 amide bonds. The third kappa shape index (κ3) is 3.53. The highest BCUT2D eigenvalue weighted by molar-refractivity contribution is 6.07. The number of aldehydes is 1. The van der Waals surface area contributed by atoms with Crippen molar-refractivity contribution in [2.24, 2.45) is 0 Å². The van der Waals surface area contributed by atoms with E-state index in [2.05, 4.69) is 5.32 Å². The summed E-state index contributed by atoms with van der Waals surface area (Å²) < 4.78 is 0. The van der Waals surface area contributed by atoms with Gasteiger partial charge in [-0.15, -0.1) is 0 Å². The van der Waals surface area contributed by atoms with Gasteiger partial charge in [0, 0.05) is 17.3 Å². The molecule has 0 fully saturated rings. The highest BCUT2D eigenvalue weighted by Gasteiger charge is 2.24. The summed E-state index contributed by atoms with van der Waals surface area (Å²) in [6.45, 7) is 0. The number of nitrogens with one attached hydrogen (secondary N) is 1. The Hall–Kier alpha value is -3.62. The van der Waals surface area contributed by atoms with Crippen LogP contribution in [0, 0.1) is 20.2 Å². The van der Waals surface area contributed by atoms with Gasteiger partial charge in [-0.25, -0.2) is 0 Å². The first-order chi connectivity index (χ1) is 10.9. The molecule has 0 aliphatic heterocycles. The van der Waals surface area contributed by atoms with Crippen molar-refractivity contribution in [1.29, 1.82) is 0 Å². The van der Waals surface area contributed by atoms with Gasteiger partial charge in [-0.3, -0.25) is 29.8 Å². The minimum atomic E-state index is -0.871. The molecule has 9 nitrogen and oxygen atoms in total. The molecule has 0 aliphatic rings. The van der Waals surface area contributed by atoms with Gasteiger partial charge in [0.15, 0.2) is 0 Å². The van der Waals surface area contributed by atoms with Gasteiger partial charge < -0.3 is 5.32 Å². The molecular weight excluding hydrogens is 306 g/mol. The molecule has 0 saturated carbocycles. The van der Waals surface area contributed by atoms with Crippen LogP contribution in [0.25, 0.3) is 0 Å². The molecule has 23 heavy (non-hydrogen) atoms. The number of non-ortho nitro benzene ring substituents is 1. The fourth-order valence-electron chi connectivity index (χ4n) is 1.86. The fourth-order valence-corrected chi connectivity index (χ4v) is 1.86. The lowest BCUT2D eigenvalue weighted by atomic mass is 10.1. The number of anilines is 1. The van der Waals surface area contributed by atoms with Crippen LogP contribution in [0.4, 0.5) is 17.1 Å². The second kappa shape index (κ2) is 6.43. The Balaban J connectivity index is 2.36. The summed E-state index contributed by atoms with van der Waals surface area (Å²) >= 11 is 0. The Morgan fingerprint density at radius 2 is 1.78 bits per heavy atom. The zero-order chi connectivity index (χ0) is 17.0. The highest BCUT2D eigenvalue weighted by Crippen LogP contribution is 2.25. The van der Waals surface area contributed by atoms with Crippen molar-refractivity contribution < 1.29 is 19.4 Å². The first kappa shape index (κ1) is 15.8. The van der Waals surface area contributed by atoms with Gasteiger partial charge in [0.1, 0.15) is 11.8 Å². The van der Waals surface area contributed by atoms with E-state index >= 15 is 0 Å². The monoisotopic (exact) mass is 315 g/mol. The second-order valence-corrected chi connectivity index (χ2v) is 4.41. The van der Waals surface area contributed by atoms with E-state index in [4.69, 9.17) is 0 Å². The molecule has 0 radical (unpaired) electrons. The van der Waals surface area contributed by atoms with Crippen molar-refractivity contribution in [1.82, 2.24) is 0 Å². The summed E-state index contributed by atoms with van der Waals surface area (Å²) in [7, 11) is 0. The lowest BCUT2D eigenvalue weighted by molar-refractivity contribution is -0.394. The number of hydrogen-bond donors (Lipinski definition) is 1. The van der Waals surface area contributed by atoms with Crippen molar-refractivity contribution >= 4 is 29.3 Å². The van der Waals surface area contributed by atoms with Gasteiger partial charge in [0.05, 0.1) is 15.9 Å². The van der Waals surface area contributed by atoms with Crippen molar-refractivity contribution in [2.45, 2.75) is 0 Å².